The van der Waals surface area contributed by atoms with E-state index in [1.165, 1.54) is 25.3 Å². The van der Waals surface area contributed by atoms with Gasteiger partial charge in [-0.2, -0.15) is 0 Å². The van der Waals surface area contributed by atoms with Crippen LogP contribution in [0.2, 0.25) is 5.02 Å². The monoisotopic (exact) mass is 451 g/mol. The van der Waals surface area contributed by atoms with E-state index in [1.54, 1.807) is 41.4 Å². The zero-order valence-corrected chi connectivity index (χ0v) is 18.6. The normalized spacial score (nSPS) is 17.6. The van der Waals surface area contributed by atoms with E-state index in [9.17, 15) is 4.79 Å². The Morgan fingerprint density at radius 3 is 2.59 bits per heavy atom. The van der Waals surface area contributed by atoms with Gasteiger partial charge in [-0.1, -0.05) is 11.6 Å². The molecule has 0 aromatic carbocycles. The summed E-state index contributed by atoms with van der Waals surface area (Å²) >= 11 is 5.85. The number of hydrogen-bond acceptors (Lipinski definition) is 6. The van der Waals surface area contributed by atoms with Crippen LogP contribution in [-0.2, 0) is 6.61 Å². The molecule has 2 fully saturated rings. The molecule has 2 aliphatic heterocycles. The molecule has 3 aromatic rings. The predicted molar refractivity (Wildman–Crippen MR) is 125 cm³/mol. The second-order valence-corrected chi connectivity index (χ2v) is 9.05. The molecule has 3 aromatic heterocycles. The van der Waals surface area contributed by atoms with Gasteiger partial charge in [0.1, 0.15) is 18.2 Å². The topological polar surface area (TPSA) is 72.3 Å². The summed E-state index contributed by atoms with van der Waals surface area (Å²) in [5.41, 5.74) is 1.79. The highest BCUT2D eigenvalue weighted by atomic mass is 35.5. The van der Waals surface area contributed by atoms with E-state index in [-0.39, 0.29) is 12.2 Å². The Balaban J connectivity index is 1.23. The van der Waals surface area contributed by atoms with Crippen LogP contribution in [0.25, 0.3) is 5.69 Å². The summed E-state index contributed by atoms with van der Waals surface area (Å²) in [6.07, 6.45) is 8.73. The fourth-order valence-corrected chi connectivity index (χ4v) is 4.67. The van der Waals surface area contributed by atoms with Crippen LogP contribution in [0.1, 0.15) is 25.0 Å². The molecule has 0 aliphatic carbocycles. The molecule has 32 heavy (non-hydrogen) atoms. The molecule has 0 saturated carbocycles. The highest BCUT2D eigenvalue weighted by Gasteiger charge is 2.37. The molecule has 2 aliphatic rings. The third kappa shape index (κ3) is 4.49. The van der Waals surface area contributed by atoms with Gasteiger partial charge in [-0.05, 0) is 61.6 Å². The molecule has 2 saturated heterocycles. The molecule has 0 unspecified atom stereocenters. The second kappa shape index (κ2) is 8.92. The molecule has 1 spiro atoms. The van der Waals surface area contributed by atoms with E-state index >= 15 is 0 Å². The number of rotatable bonds is 5. The van der Waals surface area contributed by atoms with Crippen molar-refractivity contribution in [3.63, 3.8) is 0 Å². The van der Waals surface area contributed by atoms with Crippen LogP contribution in [0.4, 0.5) is 5.82 Å². The third-order valence-electron chi connectivity index (χ3n) is 6.56. The van der Waals surface area contributed by atoms with Crippen LogP contribution in [0.15, 0.2) is 59.8 Å². The first kappa shape index (κ1) is 21.0. The van der Waals surface area contributed by atoms with Crippen LogP contribution < -0.4 is 20.5 Å². The molecule has 8 heteroatoms. The van der Waals surface area contributed by atoms with Crippen LogP contribution in [-0.4, -0.2) is 40.7 Å². The van der Waals surface area contributed by atoms with Gasteiger partial charge < -0.3 is 15.0 Å². The van der Waals surface area contributed by atoms with Crippen LogP contribution in [0.5, 0.6) is 5.75 Å². The van der Waals surface area contributed by atoms with Crippen molar-refractivity contribution in [1.82, 2.24) is 19.9 Å². The van der Waals surface area contributed by atoms with Gasteiger partial charge in [0.2, 0.25) is 0 Å². The molecule has 0 bridgehead atoms. The predicted octanol–water partition coefficient (Wildman–Crippen LogP) is 3.44. The van der Waals surface area contributed by atoms with Crippen molar-refractivity contribution in [2.75, 3.05) is 31.1 Å². The molecule has 0 atom stereocenters. The van der Waals surface area contributed by atoms with Crippen LogP contribution >= 0.6 is 11.6 Å². The van der Waals surface area contributed by atoms with Crippen molar-refractivity contribution in [2.45, 2.75) is 25.9 Å². The van der Waals surface area contributed by atoms with E-state index in [1.807, 2.05) is 12.1 Å². The van der Waals surface area contributed by atoms with Crippen molar-refractivity contribution in [1.29, 1.82) is 0 Å². The van der Waals surface area contributed by atoms with Gasteiger partial charge in [0, 0.05) is 38.1 Å². The van der Waals surface area contributed by atoms with Crippen molar-refractivity contribution < 1.29 is 4.74 Å². The standard InChI is InChI=1S/C24H26ClN5O2/c25-18-1-2-19(27-14-18)16-32-21-5-10-30(23(31)13-21)20-3-4-22(28-15-20)29-11-7-24(8-12-29)6-9-26-17-24/h1-5,10,13-15,26H,6-9,11-12,16-17H2. The van der Waals surface area contributed by atoms with Crippen molar-refractivity contribution in [3.05, 3.63) is 76.1 Å². The van der Waals surface area contributed by atoms with Crippen LogP contribution in [0.3, 0.4) is 0 Å². The number of halogens is 1. The average Bonchev–Trinajstić information content (AvgIpc) is 3.27. The number of nitrogens with zero attached hydrogens (tertiary/aromatic N) is 4. The minimum absolute atomic E-state index is 0.172. The van der Waals surface area contributed by atoms with Crippen molar-refractivity contribution in [2.24, 2.45) is 5.41 Å². The first-order chi connectivity index (χ1) is 15.6. The minimum Gasteiger partial charge on any atom is -0.487 e. The zero-order valence-electron chi connectivity index (χ0n) is 17.8. The van der Waals surface area contributed by atoms with Gasteiger partial charge in [-0.25, -0.2) is 4.98 Å². The van der Waals surface area contributed by atoms with Gasteiger partial charge >= 0.3 is 0 Å². The minimum atomic E-state index is -0.172. The van der Waals surface area contributed by atoms with Crippen LogP contribution in [0, 0.1) is 5.41 Å². The number of pyridine rings is 3. The molecule has 1 N–H and O–H groups in total. The summed E-state index contributed by atoms with van der Waals surface area (Å²) in [5.74, 6) is 1.47. The number of nitrogens with one attached hydrogen (secondary N) is 1. The SMILES string of the molecule is O=c1cc(OCc2ccc(Cl)cn2)ccn1-c1ccc(N2CCC3(CCNC3)CC2)nc1. The fourth-order valence-electron chi connectivity index (χ4n) is 4.55. The van der Waals surface area contributed by atoms with Gasteiger partial charge in [-0.15, -0.1) is 0 Å². The van der Waals surface area contributed by atoms with Crippen molar-refractivity contribution >= 4 is 17.4 Å². The Hall–Kier alpha value is -2.90. The summed E-state index contributed by atoms with van der Waals surface area (Å²) in [7, 11) is 0. The zero-order chi connectivity index (χ0) is 22.0. The quantitative estimate of drug-likeness (QED) is 0.640. The number of ether oxygens (including phenoxy) is 1. The van der Waals surface area contributed by atoms with Gasteiger partial charge in [-0.3, -0.25) is 14.3 Å². The second-order valence-electron chi connectivity index (χ2n) is 8.62. The Kier molecular flexibility index (Phi) is 5.85. The van der Waals surface area contributed by atoms with Crippen molar-refractivity contribution in [3.8, 4) is 11.4 Å². The van der Waals surface area contributed by atoms with Gasteiger partial charge in [0.05, 0.1) is 22.6 Å². The Labute approximate surface area is 192 Å². The van der Waals surface area contributed by atoms with E-state index in [0.717, 1.165) is 43.4 Å². The maximum atomic E-state index is 12.6. The lowest BCUT2D eigenvalue weighted by Gasteiger charge is -2.39. The summed E-state index contributed by atoms with van der Waals surface area (Å²) in [4.78, 5) is 23.8. The number of piperidine rings is 1. The average molecular weight is 452 g/mol. The lowest BCUT2D eigenvalue weighted by Crippen LogP contribution is -2.41. The fraction of sp³-hybridized carbons (Fsp3) is 0.375. The van der Waals surface area contributed by atoms with E-state index in [2.05, 4.69) is 20.2 Å². The highest BCUT2D eigenvalue weighted by molar-refractivity contribution is 6.30. The summed E-state index contributed by atoms with van der Waals surface area (Å²) in [5, 5.41) is 4.08. The largest absolute Gasteiger partial charge is 0.487 e. The molecule has 0 amide bonds. The third-order valence-corrected chi connectivity index (χ3v) is 6.78. The lowest BCUT2D eigenvalue weighted by molar-refractivity contribution is 0.247. The first-order valence-corrected chi connectivity index (χ1v) is 11.4. The van der Waals surface area contributed by atoms with E-state index in [4.69, 9.17) is 16.3 Å². The number of aromatic nitrogens is 3. The lowest BCUT2D eigenvalue weighted by atomic mass is 9.78. The maximum absolute atomic E-state index is 12.6. The van der Waals surface area contributed by atoms with Gasteiger partial charge in [0.15, 0.2) is 0 Å². The highest BCUT2D eigenvalue weighted by Crippen LogP contribution is 2.37. The van der Waals surface area contributed by atoms with E-state index in [0.29, 0.717) is 16.2 Å². The Morgan fingerprint density at radius 2 is 1.94 bits per heavy atom. The first-order valence-electron chi connectivity index (χ1n) is 11.0. The smallest absolute Gasteiger partial charge is 0.258 e. The maximum Gasteiger partial charge on any atom is 0.258 e. The molecular formula is C24H26ClN5O2. The molecule has 166 valence electrons. The number of anilines is 1. The molecule has 5 rings (SSSR count). The number of hydrogen-bond donors (Lipinski definition) is 1. The molecule has 0 radical (unpaired) electrons. The molecule has 5 heterocycles. The molecular weight excluding hydrogens is 426 g/mol. The summed E-state index contributed by atoms with van der Waals surface area (Å²) in [6, 6.07) is 10.8. The van der Waals surface area contributed by atoms with Gasteiger partial charge in [0.25, 0.3) is 5.56 Å². The Bertz CT molecular complexity index is 1110. The Morgan fingerprint density at radius 1 is 1.06 bits per heavy atom. The summed E-state index contributed by atoms with van der Waals surface area (Å²) in [6.45, 7) is 4.62. The summed E-state index contributed by atoms with van der Waals surface area (Å²) < 4.78 is 7.27. The molecule has 7 nitrogen and oxygen atoms in total. The van der Waals surface area contributed by atoms with E-state index < -0.39 is 0 Å².